The predicted molar refractivity (Wildman–Crippen MR) is 84.9 cm³/mol. The molecule has 1 aliphatic heterocycles. The van der Waals surface area contributed by atoms with Gasteiger partial charge in [-0.3, -0.25) is 4.90 Å². The van der Waals surface area contributed by atoms with Crippen LogP contribution in [0.3, 0.4) is 0 Å². The van der Waals surface area contributed by atoms with Crippen molar-refractivity contribution in [2.24, 2.45) is 5.92 Å². The minimum atomic E-state index is 0.613. The van der Waals surface area contributed by atoms with Crippen LogP contribution in [-0.2, 0) is 6.42 Å². The molecule has 2 unspecified atom stereocenters. The van der Waals surface area contributed by atoms with Crippen LogP contribution < -0.4 is 5.32 Å². The van der Waals surface area contributed by atoms with Crippen LogP contribution in [-0.4, -0.2) is 36.6 Å². The van der Waals surface area contributed by atoms with Crippen molar-refractivity contribution >= 4 is 0 Å². The van der Waals surface area contributed by atoms with E-state index in [9.17, 15) is 0 Å². The van der Waals surface area contributed by atoms with E-state index in [1.807, 2.05) is 0 Å². The van der Waals surface area contributed by atoms with Gasteiger partial charge in [-0.2, -0.15) is 0 Å². The van der Waals surface area contributed by atoms with Crippen LogP contribution in [0.1, 0.15) is 38.2 Å². The molecule has 1 N–H and O–H groups in total. The van der Waals surface area contributed by atoms with Gasteiger partial charge in [0, 0.05) is 25.2 Å². The number of hydrogen-bond donors (Lipinski definition) is 1. The largest absolute Gasteiger partial charge is 0.312 e. The molecule has 2 heteroatoms. The molecule has 0 aromatic heterocycles. The molecule has 1 aromatic rings. The zero-order valence-electron chi connectivity index (χ0n) is 12.7. The molecule has 2 atom stereocenters. The van der Waals surface area contributed by atoms with E-state index in [1.165, 1.54) is 50.9 Å². The van der Waals surface area contributed by atoms with Crippen LogP contribution in [0.2, 0.25) is 0 Å². The molecule has 3 rings (SSSR count). The van der Waals surface area contributed by atoms with Gasteiger partial charge in [0.2, 0.25) is 0 Å². The van der Waals surface area contributed by atoms with Crippen molar-refractivity contribution in [1.29, 1.82) is 0 Å². The first kappa shape index (κ1) is 14.1. The smallest absolute Gasteiger partial charge is 0.0235 e. The molecular weight excluding hydrogens is 244 g/mol. The maximum Gasteiger partial charge on any atom is 0.0235 e. The third kappa shape index (κ3) is 3.62. The quantitative estimate of drug-likeness (QED) is 0.906. The predicted octanol–water partition coefficient (Wildman–Crippen LogP) is 3.08. The lowest BCUT2D eigenvalue weighted by Gasteiger charge is -2.36. The second-order valence-electron chi connectivity index (χ2n) is 6.73. The molecule has 110 valence electrons. The van der Waals surface area contributed by atoms with Crippen molar-refractivity contribution in [1.82, 2.24) is 10.2 Å². The molecular formula is C18H28N2. The van der Waals surface area contributed by atoms with Gasteiger partial charge in [-0.1, -0.05) is 36.8 Å². The molecule has 20 heavy (non-hydrogen) atoms. The fourth-order valence-corrected chi connectivity index (χ4v) is 3.50. The van der Waals surface area contributed by atoms with Gasteiger partial charge in [-0.05, 0) is 50.6 Å². The summed E-state index contributed by atoms with van der Waals surface area (Å²) >= 11 is 0. The molecule has 2 aliphatic rings. The number of hydrogen-bond acceptors (Lipinski definition) is 2. The van der Waals surface area contributed by atoms with Gasteiger partial charge >= 0.3 is 0 Å². The second-order valence-corrected chi connectivity index (χ2v) is 6.73. The average Bonchev–Trinajstić information content (AvgIpc) is 2.58. The van der Waals surface area contributed by atoms with Gasteiger partial charge in [0.15, 0.2) is 0 Å². The zero-order chi connectivity index (χ0) is 13.8. The van der Waals surface area contributed by atoms with Crippen LogP contribution in [0, 0.1) is 5.92 Å². The highest BCUT2D eigenvalue weighted by Gasteiger charge is 2.27. The first-order valence-electron chi connectivity index (χ1n) is 8.32. The lowest BCUT2D eigenvalue weighted by molar-refractivity contribution is 0.137. The molecule has 0 spiro atoms. The standard InChI is InChI=1S/C18H28N2/c1-15-10-11-19-18(12-16-6-3-2-4-7-16)14-20(15)13-17-8-5-9-17/h2-4,6-7,15,17-19H,5,8-14H2,1H3. The highest BCUT2D eigenvalue weighted by atomic mass is 15.2. The number of nitrogens with zero attached hydrogens (tertiary/aromatic N) is 1. The van der Waals surface area contributed by atoms with E-state index >= 15 is 0 Å². The van der Waals surface area contributed by atoms with Crippen molar-refractivity contribution in [3.8, 4) is 0 Å². The van der Waals surface area contributed by atoms with Gasteiger partial charge in [0.05, 0.1) is 0 Å². The maximum atomic E-state index is 3.76. The minimum Gasteiger partial charge on any atom is -0.312 e. The summed E-state index contributed by atoms with van der Waals surface area (Å²) in [7, 11) is 0. The molecule has 0 amide bonds. The Balaban J connectivity index is 1.59. The Morgan fingerprint density at radius 1 is 1.15 bits per heavy atom. The molecule has 2 nitrogen and oxygen atoms in total. The van der Waals surface area contributed by atoms with E-state index in [2.05, 4.69) is 47.5 Å². The summed E-state index contributed by atoms with van der Waals surface area (Å²) in [5, 5.41) is 3.76. The van der Waals surface area contributed by atoms with E-state index in [-0.39, 0.29) is 0 Å². The van der Waals surface area contributed by atoms with Crippen LogP contribution in [0.15, 0.2) is 30.3 Å². The number of rotatable bonds is 4. The van der Waals surface area contributed by atoms with Crippen LogP contribution in [0.4, 0.5) is 0 Å². The van der Waals surface area contributed by atoms with Crippen LogP contribution in [0.25, 0.3) is 0 Å². The Hall–Kier alpha value is -0.860. The van der Waals surface area contributed by atoms with Crippen molar-refractivity contribution in [3.05, 3.63) is 35.9 Å². The Labute approximate surface area is 123 Å². The van der Waals surface area contributed by atoms with Crippen molar-refractivity contribution in [2.75, 3.05) is 19.6 Å². The lowest BCUT2D eigenvalue weighted by atomic mass is 9.84. The summed E-state index contributed by atoms with van der Waals surface area (Å²) < 4.78 is 0. The summed E-state index contributed by atoms with van der Waals surface area (Å²) in [6.45, 7) is 6.12. The Bertz CT molecular complexity index is 399. The van der Waals surface area contributed by atoms with Crippen molar-refractivity contribution < 1.29 is 0 Å². The van der Waals surface area contributed by atoms with Crippen molar-refractivity contribution in [3.63, 3.8) is 0 Å². The normalized spacial score (nSPS) is 28.9. The summed E-state index contributed by atoms with van der Waals surface area (Å²) in [6, 6.07) is 12.3. The van der Waals surface area contributed by atoms with Gasteiger partial charge in [-0.25, -0.2) is 0 Å². The highest BCUT2D eigenvalue weighted by molar-refractivity contribution is 5.16. The minimum absolute atomic E-state index is 0.613. The van der Waals surface area contributed by atoms with E-state index in [0.29, 0.717) is 6.04 Å². The highest BCUT2D eigenvalue weighted by Crippen LogP contribution is 2.28. The summed E-state index contributed by atoms with van der Waals surface area (Å²) in [6.07, 6.45) is 6.82. The van der Waals surface area contributed by atoms with Gasteiger partial charge in [0.25, 0.3) is 0 Å². The molecule has 1 aromatic carbocycles. The fourth-order valence-electron chi connectivity index (χ4n) is 3.50. The first-order chi connectivity index (χ1) is 9.81. The molecule has 2 fully saturated rings. The summed E-state index contributed by atoms with van der Waals surface area (Å²) in [5.74, 6) is 0.980. The number of nitrogens with one attached hydrogen (secondary N) is 1. The monoisotopic (exact) mass is 272 g/mol. The Morgan fingerprint density at radius 2 is 1.95 bits per heavy atom. The van der Waals surface area contributed by atoms with Gasteiger partial charge in [0.1, 0.15) is 0 Å². The van der Waals surface area contributed by atoms with Gasteiger partial charge < -0.3 is 5.32 Å². The van der Waals surface area contributed by atoms with E-state index in [1.54, 1.807) is 0 Å². The second kappa shape index (κ2) is 6.73. The molecule has 0 bridgehead atoms. The zero-order valence-corrected chi connectivity index (χ0v) is 12.7. The van der Waals surface area contributed by atoms with Crippen LogP contribution >= 0.6 is 0 Å². The van der Waals surface area contributed by atoms with Crippen LogP contribution in [0.5, 0.6) is 0 Å². The average molecular weight is 272 g/mol. The van der Waals surface area contributed by atoms with Crippen molar-refractivity contribution in [2.45, 2.75) is 51.1 Å². The maximum absolute atomic E-state index is 3.76. The third-order valence-corrected chi connectivity index (χ3v) is 5.12. The summed E-state index contributed by atoms with van der Waals surface area (Å²) in [5.41, 5.74) is 1.46. The molecule has 1 saturated carbocycles. The molecule has 1 saturated heterocycles. The van der Waals surface area contributed by atoms with E-state index in [4.69, 9.17) is 0 Å². The van der Waals surface area contributed by atoms with Gasteiger partial charge in [-0.15, -0.1) is 0 Å². The lowest BCUT2D eigenvalue weighted by Crippen LogP contribution is -2.44. The number of benzene rings is 1. The fraction of sp³-hybridized carbons (Fsp3) is 0.667. The van der Waals surface area contributed by atoms with E-state index in [0.717, 1.165) is 18.4 Å². The molecule has 0 radical (unpaired) electrons. The molecule has 1 heterocycles. The first-order valence-corrected chi connectivity index (χ1v) is 8.32. The third-order valence-electron chi connectivity index (χ3n) is 5.12. The summed E-state index contributed by atoms with van der Waals surface area (Å²) in [4.78, 5) is 2.75. The van der Waals surface area contributed by atoms with E-state index < -0.39 is 0 Å². The topological polar surface area (TPSA) is 15.3 Å². The SMILES string of the molecule is CC1CCNC(Cc2ccccc2)CN1CC1CCC1. The Morgan fingerprint density at radius 3 is 2.65 bits per heavy atom. The molecule has 1 aliphatic carbocycles. The Kier molecular flexibility index (Phi) is 4.74.